The summed E-state index contributed by atoms with van der Waals surface area (Å²) in [6, 6.07) is 51.5. The maximum absolute atomic E-state index is 14.7. The Labute approximate surface area is 298 Å². The number of para-hydroxylation sites is 1. The van der Waals surface area contributed by atoms with Gasteiger partial charge in [0.15, 0.2) is 11.6 Å². The predicted octanol–water partition coefficient (Wildman–Crippen LogP) is 9.71. The molecule has 8 aromatic rings. The molecule has 2 heterocycles. The number of fused-ring (bicyclic) bond motifs is 4. The predicted molar refractivity (Wildman–Crippen MR) is 204 cm³/mol. The van der Waals surface area contributed by atoms with Gasteiger partial charge in [-0.25, -0.2) is 4.90 Å². The third-order valence-electron chi connectivity index (χ3n) is 9.73. The average Bonchev–Trinajstić information content (AvgIpc) is 3.67. The van der Waals surface area contributed by atoms with E-state index >= 15 is 0 Å². The zero-order valence-corrected chi connectivity index (χ0v) is 27.7. The standard InChI is InChI=1S/C46H28N2O4/c49-43(30-15-6-2-7-16-30)32-23-25-35-36-26-24-33(44(50)31-17-8-3-9-18-31)28-41(36)47(40(35)27-32)39-22-12-20-37-42(39)46(52)48(45(37)51)38-21-11-10-19-34(38)29-13-4-1-5-14-29/h1-28H. The molecule has 6 heteroatoms. The van der Waals surface area contributed by atoms with Crippen molar-refractivity contribution < 1.29 is 19.2 Å². The van der Waals surface area contributed by atoms with Crippen LogP contribution < -0.4 is 4.90 Å². The first kappa shape index (κ1) is 30.8. The maximum atomic E-state index is 14.7. The van der Waals surface area contributed by atoms with Crippen molar-refractivity contribution in [2.75, 3.05) is 4.90 Å². The second-order valence-corrected chi connectivity index (χ2v) is 12.7. The summed E-state index contributed by atoms with van der Waals surface area (Å²) >= 11 is 0. The number of imide groups is 1. The third-order valence-corrected chi connectivity index (χ3v) is 9.73. The van der Waals surface area contributed by atoms with Crippen LogP contribution in [0.2, 0.25) is 0 Å². The van der Waals surface area contributed by atoms with Gasteiger partial charge in [-0.05, 0) is 35.9 Å². The highest BCUT2D eigenvalue weighted by atomic mass is 16.2. The van der Waals surface area contributed by atoms with Crippen molar-refractivity contribution in [3.63, 3.8) is 0 Å². The third kappa shape index (κ3) is 4.88. The van der Waals surface area contributed by atoms with Crippen LogP contribution in [0.4, 0.5) is 5.69 Å². The number of benzene rings is 7. The van der Waals surface area contributed by atoms with Crippen LogP contribution in [-0.2, 0) is 0 Å². The normalized spacial score (nSPS) is 12.4. The van der Waals surface area contributed by atoms with E-state index in [4.69, 9.17) is 0 Å². The van der Waals surface area contributed by atoms with E-state index < -0.39 is 11.8 Å². The van der Waals surface area contributed by atoms with Gasteiger partial charge in [0.05, 0.1) is 33.5 Å². The minimum Gasteiger partial charge on any atom is -0.308 e. The van der Waals surface area contributed by atoms with Crippen LogP contribution in [0.15, 0.2) is 170 Å². The number of carbonyl (C=O) groups is 4. The molecule has 0 N–H and O–H groups in total. The molecular formula is C46H28N2O4. The van der Waals surface area contributed by atoms with Crippen LogP contribution in [0.5, 0.6) is 0 Å². The first-order valence-electron chi connectivity index (χ1n) is 16.9. The molecule has 2 amide bonds. The Kier molecular flexibility index (Phi) is 7.30. The van der Waals surface area contributed by atoms with E-state index in [1.165, 1.54) is 4.90 Å². The molecule has 0 saturated heterocycles. The van der Waals surface area contributed by atoms with Crippen LogP contribution >= 0.6 is 0 Å². The Morgan fingerprint density at radius 1 is 0.404 bits per heavy atom. The molecule has 6 nitrogen and oxygen atoms in total. The molecule has 1 aliphatic rings. The highest BCUT2D eigenvalue weighted by Gasteiger charge is 2.40. The van der Waals surface area contributed by atoms with Gasteiger partial charge in [-0.15, -0.1) is 0 Å². The molecule has 1 aromatic heterocycles. The molecule has 0 unspecified atom stereocenters. The molecule has 52 heavy (non-hydrogen) atoms. The Morgan fingerprint density at radius 3 is 1.46 bits per heavy atom. The molecule has 0 radical (unpaired) electrons. The summed E-state index contributed by atoms with van der Waals surface area (Å²) in [7, 11) is 0. The second-order valence-electron chi connectivity index (χ2n) is 12.7. The van der Waals surface area contributed by atoms with Crippen LogP contribution in [0.3, 0.4) is 0 Å². The van der Waals surface area contributed by atoms with Crippen LogP contribution in [0.1, 0.15) is 52.6 Å². The molecule has 0 fully saturated rings. The van der Waals surface area contributed by atoms with E-state index in [0.29, 0.717) is 44.7 Å². The fourth-order valence-electron chi connectivity index (χ4n) is 7.28. The zero-order valence-electron chi connectivity index (χ0n) is 27.7. The van der Waals surface area contributed by atoms with Crippen molar-refractivity contribution in [2.45, 2.75) is 0 Å². The first-order chi connectivity index (χ1) is 25.5. The lowest BCUT2D eigenvalue weighted by Gasteiger charge is -2.18. The summed E-state index contributed by atoms with van der Waals surface area (Å²) in [6.45, 7) is 0. The SMILES string of the molecule is O=C(c1ccccc1)c1ccc2c3ccc(C(=O)c4ccccc4)cc3n(-c3cccc4c3C(=O)N(c3ccccc3-c3ccccc3)C4=O)c2c1. The van der Waals surface area contributed by atoms with Crippen molar-refractivity contribution in [1.82, 2.24) is 4.57 Å². The topological polar surface area (TPSA) is 76.5 Å². The highest BCUT2D eigenvalue weighted by Crippen LogP contribution is 2.41. The fourth-order valence-corrected chi connectivity index (χ4v) is 7.28. The number of carbonyl (C=O) groups excluding carboxylic acids is 4. The van der Waals surface area contributed by atoms with Gasteiger partial charge in [0.1, 0.15) is 0 Å². The number of aromatic nitrogens is 1. The van der Waals surface area contributed by atoms with Crippen LogP contribution in [-0.4, -0.2) is 27.9 Å². The first-order valence-corrected chi connectivity index (χ1v) is 16.9. The smallest absolute Gasteiger partial charge is 0.268 e. The van der Waals surface area contributed by atoms with E-state index in [2.05, 4.69) is 0 Å². The van der Waals surface area contributed by atoms with Crippen LogP contribution in [0, 0.1) is 0 Å². The lowest BCUT2D eigenvalue weighted by Crippen LogP contribution is -2.30. The van der Waals surface area contributed by atoms with E-state index in [-0.39, 0.29) is 22.7 Å². The van der Waals surface area contributed by atoms with Crippen molar-refractivity contribution in [2.24, 2.45) is 0 Å². The fraction of sp³-hybridized carbons (Fsp3) is 0. The van der Waals surface area contributed by atoms with Gasteiger partial charge in [-0.3, -0.25) is 19.2 Å². The number of anilines is 1. The van der Waals surface area contributed by atoms with Crippen molar-refractivity contribution >= 4 is 50.9 Å². The molecule has 0 bridgehead atoms. The summed E-state index contributed by atoms with van der Waals surface area (Å²) < 4.78 is 1.91. The summed E-state index contributed by atoms with van der Waals surface area (Å²) in [4.78, 5) is 57.6. The van der Waals surface area contributed by atoms with Gasteiger partial charge in [-0.1, -0.05) is 140 Å². The lowest BCUT2D eigenvalue weighted by atomic mass is 10.0. The Balaban J connectivity index is 1.27. The van der Waals surface area contributed by atoms with Gasteiger partial charge in [0.2, 0.25) is 0 Å². The molecule has 9 rings (SSSR count). The molecule has 7 aromatic carbocycles. The molecule has 0 aliphatic carbocycles. The molecule has 246 valence electrons. The van der Waals surface area contributed by atoms with Crippen molar-refractivity contribution in [3.05, 3.63) is 203 Å². The Hall–Kier alpha value is -7.18. The monoisotopic (exact) mass is 672 g/mol. The van der Waals surface area contributed by atoms with Gasteiger partial charge in [0, 0.05) is 38.6 Å². The molecular weight excluding hydrogens is 645 g/mol. The van der Waals surface area contributed by atoms with Crippen LogP contribution in [0.25, 0.3) is 38.6 Å². The lowest BCUT2D eigenvalue weighted by molar-refractivity contribution is 0.0924. The minimum absolute atomic E-state index is 0.146. The number of hydrogen-bond acceptors (Lipinski definition) is 4. The molecule has 0 atom stereocenters. The summed E-state index contributed by atoms with van der Waals surface area (Å²) in [6.07, 6.45) is 0. The second kappa shape index (κ2) is 12.3. The summed E-state index contributed by atoms with van der Waals surface area (Å²) in [5.41, 5.74) is 6.48. The van der Waals surface area contributed by atoms with E-state index in [0.717, 1.165) is 21.9 Å². The number of ketones is 2. The van der Waals surface area contributed by atoms with Crippen molar-refractivity contribution in [1.29, 1.82) is 0 Å². The highest BCUT2D eigenvalue weighted by molar-refractivity contribution is 6.36. The van der Waals surface area contributed by atoms with Gasteiger partial charge in [0.25, 0.3) is 11.8 Å². The van der Waals surface area contributed by atoms with Gasteiger partial charge >= 0.3 is 0 Å². The van der Waals surface area contributed by atoms with Crippen molar-refractivity contribution in [3.8, 4) is 16.8 Å². The summed E-state index contributed by atoms with van der Waals surface area (Å²) in [5.74, 6) is -1.17. The molecule has 0 saturated carbocycles. The average molecular weight is 673 g/mol. The van der Waals surface area contributed by atoms with Gasteiger partial charge in [-0.2, -0.15) is 0 Å². The van der Waals surface area contributed by atoms with E-state index in [9.17, 15) is 19.2 Å². The van der Waals surface area contributed by atoms with E-state index in [1.54, 1.807) is 54.6 Å². The zero-order chi connectivity index (χ0) is 35.3. The minimum atomic E-state index is -0.456. The van der Waals surface area contributed by atoms with E-state index in [1.807, 2.05) is 120 Å². The summed E-state index contributed by atoms with van der Waals surface area (Å²) in [5, 5.41) is 1.66. The number of amides is 2. The number of nitrogens with zero attached hydrogens (tertiary/aromatic N) is 2. The van der Waals surface area contributed by atoms with Gasteiger partial charge < -0.3 is 4.57 Å². The largest absolute Gasteiger partial charge is 0.308 e. The molecule has 0 spiro atoms. The Morgan fingerprint density at radius 2 is 0.885 bits per heavy atom. The Bertz CT molecular complexity index is 2640. The maximum Gasteiger partial charge on any atom is 0.268 e. The number of rotatable bonds is 7. The quantitative estimate of drug-likeness (QED) is 0.125. The molecule has 1 aliphatic heterocycles. The number of hydrogen-bond donors (Lipinski definition) is 0.